The number of ether oxygens (including phenoxy) is 6. The molecule has 3 rings (SSSR count). The van der Waals surface area contributed by atoms with E-state index in [2.05, 4.69) is 0 Å². The smallest absolute Gasteiger partial charge is 0.200 e. The summed E-state index contributed by atoms with van der Waals surface area (Å²) in [5.41, 5.74) is 1.13. The first-order chi connectivity index (χ1) is 17.7. The van der Waals surface area contributed by atoms with Gasteiger partial charge in [0.05, 0.1) is 42.7 Å². The van der Waals surface area contributed by atoms with Crippen LogP contribution in [0, 0.1) is 0 Å². The first-order valence-corrected chi connectivity index (χ1v) is 11.6. The Morgan fingerprint density at radius 3 is 0.865 bits per heavy atom. The van der Waals surface area contributed by atoms with Crippen molar-refractivity contribution in [3.63, 3.8) is 0 Å². The fourth-order valence-corrected chi connectivity index (χ4v) is 4.73. The molecule has 0 saturated carbocycles. The van der Waals surface area contributed by atoms with Gasteiger partial charge in [-0.3, -0.25) is 0 Å². The highest BCUT2D eigenvalue weighted by Crippen LogP contribution is 2.53. The number of rotatable bonds is 11. The topological polar surface area (TPSA) is 116 Å². The fourth-order valence-electron chi connectivity index (χ4n) is 4.73. The summed E-state index contributed by atoms with van der Waals surface area (Å²) in [4.78, 5) is 0. The lowest BCUT2D eigenvalue weighted by atomic mass is 9.66. The van der Waals surface area contributed by atoms with Crippen LogP contribution < -0.4 is 28.4 Å². The molecule has 9 nitrogen and oxygen atoms in total. The van der Waals surface area contributed by atoms with Crippen molar-refractivity contribution < 1.29 is 43.7 Å². The van der Waals surface area contributed by atoms with Gasteiger partial charge < -0.3 is 43.7 Å². The Balaban J connectivity index is 2.58. The van der Waals surface area contributed by atoms with Gasteiger partial charge >= 0.3 is 0 Å². The molecule has 0 aromatic heterocycles. The summed E-state index contributed by atoms with van der Waals surface area (Å²) in [6, 6.07) is 10.4. The zero-order valence-corrected chi connectivity index (χ0v) is 22.2. The Morgan fingerprint density at radius 2 is 0.703 bits per heavy atom. The van der Waals surface area contributed by atoms with Gasteiger partial charge in [-0.05, 0) is 59.5 Å². The molecule has 0 amide bonds. The normalized spacial score (nSPS) is 11.1. The van der Waals surface area contributed by atoms with Crippen molar-refractivity contribution in [2.45, 2.75) is 25.2 Å². The minimum atomic E-state index is -0.967. The maximum absolute atomic E-state index is 10.7. The molecule has 0 fully saturated rings. The summed E-state index contributed by atoms with van der Waals surface area (Å²) >= 11 is 0. The molecule has 3 aromatic rings. The van der Waals surface area contributed by atoms with E-state index in [0.717, 1.165) is 0 Å². The monoisotopic (exact) mass is 514 g/mol. The second kappa shape index (κ2) is 11.3. The largest absolute Gasteiger partial charge is 0.502 e. The molecule has 0 atom stereocenters. The Labute approximate surface area is 216 Å². The first-order valence-electron chi connectivity index (χ1n) is 11.6. The molecule has 0 spiro atoms. The zero-order valence-electron chi connectivity index (χ0n) is 22.2. The Bertz CT molecular complexity index is 1030. The van der Waals surface area contributed by atoms with E-state index in [4.69, 9.17) is 28.4 Å². The molecule has 0 saturated heterocycles. The van der Waals surface area contributed by atoms with Gasteiger partial charge in [0.2, 0.25) is 17.2 Å². The van der Waals surface area contributed by atoms with Crippen LogP contribution in [0.4, 0.5) is 0 Å². The van der Waals surface area contributed by atoms with E-state index in [9.17, 15) is 15.3 Å². The van der Waals surface area contributed by atoms with Gasteiger partial charge in [-0.15, -0.1) is 0 Å². The highest BCUT2D eigenvalue weighted by Gasteiger charge is 2.40. The summed E-state index contributed by atoms with van der Waals surface area (Å²) in [6.07, 6.45) is 1.25. The fraction of sp³-hybridized carbons (Fsp3) is 0.357. The van der Waals surface area contributed by atoms with Crippen molar-refractivity contribution in [2.75, 3.05) is 42.7 Å². The summed E-state index contributed by atoms with van der Waals surface area (Å²) < 4.78 is 32.9. The van der Waals surface area contributed by atoms with Crippen LogP contribution in [-0.4, -0.2) is 58.0 Å². The third kappa shape index (κ3) is 4.69. The van der Waals surface area contributed by atoms with Gasteiger partial charge in [0.25, 0.3) is 0 Å². The third-order valence-electron chi connectivity index (χ3n) is 6.54. The Kier molecular flexibility index (Phi) is 8.37. The van der Waals surface area contributed by atoms with Crippen molar-refractivity contribution in [1.82, 2.24) is 0 Å². The Morgan fingerprint density at radius 1 is 0.486 bits per heavy atom. The number of aromatic hydroxyl groups is 3. The number of methoxy groups -OCH3 is 6. The maximum Gasteiger partial charge on any atom is 0.200 e. The van der Waals surface area contributed by atoms with Crippen LogP contribution in [-0.2, 0) is 5.41 Å². The maximum atomic E-state index is 10.7. The molecule has 0 bridgehead atoms. The van der Waals surface area contributed by atoms with E-state index in [0.29, 0.717) is 29.5 Å². The van der Waals surface area contributed by atoms with Crippen molar-refractivity contribution >= 4 is 0 Å². The van der Waals surface area contributed by atoms with Gasteiger partial charge in [-0.1, -0.05) is 13.3 Å². The van der Waals surface area contributed by atoms with Crippen molar-refractivity contribution in [2.24, 2.45) is 0 Å². The van der Waals surface area contributed by atoms with E-state index in [1.54, 1.807) is 36.4 Å². The number of hydrogen-bond donors (Lipinski definition) is 3. The molecule has 3 aromatic carbocycles. The minimum absolute atomic E-state index is 0.138. The number of phenols is 3. The molecular formula is C28H34O9. The van der Waals surface area contributed by atoms with Gasteiger partial charge in [-0.2, -0.15) is 0 Å². The molecule has 0 aliphatic rings. The molecule has 0 radical (unpaired) electrons. The van der Waals surface area contributed by atoms with E-state index in [-0.39, 0.29) is 51.7 Å². The first kappa shape index (κ1) is 27.4. The highest BCUT2D eigenvalue weighted by molar-refractivity contribution is 5.65. The minimum Gasteiger partial charge on any atom is -0.502 e. The molecule has 9 heteroatoms. The predicted molar refractivity (Wildman–Crippen MR) is 138 cm³/mol. The Hall–Kier alpha value is -4.14. The van der Waals surface area contributed by atoms with Crippen LogP contribution >= 0.6 is 0 Å². The molecular weight excluding hydrogens is 480 g/mol. The molecule has 37 heavy (non-hydrogen) atoms. The molecule has 200 valence electrons. The van der Waals surface area contributed by atoms with E-state index in [1.165, 1.54) is 42.7 Å². The van der Waals surface area contributed by atoms with Gasteiger partial charge in [0.1, 0.15) is 0 Å². The predicted octanol–water partition coefficient (Wildman–Crippen LogP) is 4.99. The second-order valence-corrected chi connectivity index (χ2v) is 8.34. The average Bonchev–Trinajstić information content (AvgIpc) is 2.92. The zero-order chi connectivity index (χ0) is 27.3. The van der Waals surface area contributed by atoms with Crippen molar-refractivity contribution in [3.05, 3.63) is 53.1 Å². The lowest BCUT2D eigenvalue weighted by molar-refractivity contribution is 0.333. The lowest BCUT2D eigenvalue weighted by Crippen LogP contribution is -2.30. The van der Waals surface area contributed by atoms with Gasteiger partial charge in [0.15, 0.2) is 34.5 Å². The van der Waals surface area contributed by atoms with Crippen LogP contribution in [0.15, 0.2) is 36.4 Å². The molecule has 3 N–H and O–H groups in total. The van der Waals surface area contributed by atoms with Crippen LogP contribution in [0.25, 0.3) is 0 Å². The average molecular weight is 515 g/mol. The van der Waals surface area contributed by atoms with Crippen LogP contribution in [0.3, 0.4) is 0 Å². The van der Waals surface area contributed by atoms with E-state index in [1.807, 2.05) is 6.92 Å². The lowest BCUT2D eigenvalue weighted by Gasteiger charge is -2.37. The van der Waals surface area contributed by atoms with Crippen molar-refractivity contribution in [1.29, 1.82) is 0 Å². The van der Waals surface area contributed by atoms with Crippen LogP contribution in [0.2, 0.25) is 0 Å². The number of hydrogen-bond acceptors (Lipinski definition) is 9. The summed E-state index contributed by atoms with van der Waals surface area (Å²) in [7, 11) is 8.74. The molecule has 0 aliphatic carbocycles. The van der Waals surface area contributed by atoms with E-state index < -0.39 is 5.41 Å². The molecule has 0 unspecified atom stereocenters. The summed E-state index contributed by atoms with van der Waals surface area (Å²) in [6.45, 7) is 2.04. The van der Waals surface area contributed by atoms with Crippen molar-refractivity contribution in [3.8, 4) is 51.7 Å². The summed E-state index contributed by atoms with van der Waals surface area (Å²) in [5, 5.41) is 32.0. The summed E-state index contributed by atoms with van der Waals surface area (Å²) in [5.74, 6) is 0.865. The molecule has 0 aliphatic heterocycles. The highest BCUT2D eigenvalue weighted by atomic mass is 16.5. The standard InChI is InChI=1S/C28H34O9/c1-8-9-28(16-10-19(32-2)25(29)20(11-16)33-3,17-12-21(34-4)26(30)22(13-17)35-5)18-14-23(36-6)27(31)24(15-18)37-7/h10-15,29-31H,8-9H2,1-7H3. The third-order valence-corrected chi connectivity index (χ3v) is 6.54. The number of benzene rings is 3. The van der Waals surface area contributed by atoms with Crippen LogP contribution in [0.5, 0.6) is 51.7 Å². The van der Waals surface area contributed by atoms with Gasteiger partial charge in [0, 0.05) is 5.41 Å². The van der Waals surface area contributed by atoms with E-state index >= 15 is 0 Å². The second-order valence-electron chi connectivity index (χ2n) is 8.34. The SMILES string of the molecule is CCCC(c1cc(OC)c(O)c(OC)c1)(c1cc(OC)c(O)c(OC)c1)c1cc(OC)c(O)c(OC)c1. The quantitative estimate of drug-likeness (QED) is 0.304. The van der Waals surface area contributed by atoms with Gasteiger partial charge in [-0.25, -0.2) is 0 Å². The number of phenolic OH excluding ortho intramolecular Hbond substituents is 3. The van der Waals surface area contributed by atoms with Crippen LogP contribution in [0.1, 0.15) is 36.5 Å². The molecule has 0 heterocycles.